The van der Waals surface area contributed by atoms with E-state index in [9.17, 15) is 9.59 Å². The highest BCUT2D eigenvalue weighted by atomic mass is 35.5. The van der Waals surface area contributed by atoms with Crippen LogP contribution in [-0.4, -0.2) is 63.9 Å². The maximum atomic E-state index is 11.3. The monoisotopic (exact) mass is 628 g/mol. The minimum Gasteiger partial charge on any atom is -0.478 e. The number of aliphatic carboxylic acids is 1. The Morgan fingerprint density at radius 3 is 1.67 bits per heavy atom. The molecule has 0 aliphatic rings. The lowest BCUT2D eigenvalue weighted by Crippen LogP contribution is -2.08. The molecule has 2 N–H and O–H groups in total. The molecule has 11 nitrogen and oxygen atoms in total. The Balaban J connectivity index is 0.000000269. The number of halogens is 2. The fourth-order valence-electron chi connectivity index (χ4n) is 3.07. The number of aliphatic hydroxyl groups is 1. The summed E-state index contributed by atoms with van der Waals surface area (Å²) in [4.78, 5) is 30.0. The number of carboxylic acid groups (broad SMARTS) is 1. The number of esters is 1. The van der Waals surface area contributed by atoms with E-state index in [1.54, 1.807) is 80.1 Å². The molecule has 43 heavy (non-hydrogen) atoms. The summed E-state index contributed by atoms with van der Waals surface area (Å²) in [7, 11) is 0. The Labute approximate surface area is 260 Å². The largest absolute Gasteiger partial charge is 0.478 e. The second kappa shape index (κ2) is 18.3. The predicted octanol–water partition coefficient (Wildman–Crippen LogP) is 5.73. The number of aromatic nitrogens is 6. The van der Waals surface area contributed by atoms with Gasteiger partial charge in [-0.15, -0.1) is 0 Å². The van der Waals surface area contributed by atoms with Gasteiger partial charge < -0.3 is 14.9 Å². The maximum absolute atomic E-state index is 11.3. The van der Waals surface area contributed by atoms with E-state index in [1.807, 2.05) is 24.3 Å². The van der Waals surface area contributed by atoms with Crippen LogP contribution in [0.25, 0.3) is 22.8 Å². The molecular formula is C30H34Cl2N6O5. The van der Waals surface area contributed by atoms with Gasteiger partial charge in [-0.2, -0.15) is 10.2 Å². The molecule has 0 radical (unpaired) electrons. The van der Waals surface area contributed by atoms with E-state index in [-0.39, 0.29) is 18.2 Å². The van der Waals surface area contributed by atoms with Crippen molar-refractivity contribution in [3.05, 3.63) is 95.5 Å². The summed E-state index contributed by atoms with van der Waals surface area (Å²) < 4.78 is 8.18. The maximum Gasteiger partial charge on any atom is 0.330 e. The van der Waals surface area contributed by atoms with Crippen LogP contribution in [0.1, 0.15) is 27.7 Å². The zero-order valence-electron chi connectivity index (χ0n) is 24.2. The van der Waals surface area contributed by atoms with Gasteiger partial charge >= 0.3 is 11.9 Å². The van der Waals surface area contributed by atoms with Crippen LogP contribution in [0.4, 0.5) is 0 Å². The molecular weight excluding hydrogens is 595 g/mol. The molecule has 4 rings (SSSR count). The molecule has 228 valence electrons. The zero-order valence-corrected chi connectivity index (χ0v) is 25.7. The molecule has 0 amide bonds. The quantitative estimate of drug-likeness (QED) is 0.175. The first-order valence-electron chi connectivity index (χ1n) is 13.2. The van der Waals surface area contributed by atoms with Gasteiger partial charge in [0.25, 0.3) is 0 Å². The van der Waals surface area contributed by atoms with Crippen molar-refractivity contribution in [1.29, 1.82) is 0 Å². The van der Waals surface area contributed by atoms with Gasteiger partial charge in [-0.05, 0) is 52.0 Å². The summed E-state index contributed by atoms with van der Waals surface area (Å²) in [5.74, 6) is -0.192. The molecule has 0 atom stereocenters. The van der Waals surface area contributed by atoms with Gasteiger partial charge in [-0.3, -0.25) is 0 Å². The SMILES string of the molecule is CC(C)O.CC(C)OC(=O)/C=C/Cn1cnc(-c2cccc(Cl)c2)n1.O=C(O)/C=C/Cn1cnc(-c2cccc(Cl)c2)n1. The van der Waals surface area contributed by atoms with Gasteiger partial charge in [0.15, 0.2) is 11.6 Å². The molecule has 2 aromatic heterocycles. The van der Waals surface area contributed by atoms with Crippen LogP contribution in [0.2, 0.25) is 10.0 Å². The van der Waals surface area contributed by atoms with Crippen molar-refractivity contribution >= 4 is 35.1 Å². The minimum atomic E-state index is -0.981. The second-order valence-corrected chi connectivity index (χ2v) is 10.2. The summed E-state index contributed by atoms with van der Waals surface area (Å²) in [5.41, 5.74) is 1.67. The average molecular weight is 630 g/mol. The standard InChI is InChI=1S/C15H16ClN3O2.C12H10ClN3O2.C3H8O/c1-11(2)21-14(20)7-4-8-19-10-17-15(18-19)12-5-3-6-13(16)9-12;13-10-4-1-3-9(7-10)12-14-8-16(15-12)6-2-5-11(17)18;1-3(2)4/h3-7,9-11H,8H2,1-2H3;1-5,7-8H,6H2,(H,17,18);3-4H,1-2H3/b7-4+;5-2+;. The normalized spacial score (nSPS) is 10.9. The molecule has 13 heteroatoms. The van der Waals surface area contributed by atoms with Crippen LogP contribution in [-0.2, 0) is 27.4 Å². The molecule has 0 fully saturated rings. The number of ether oxygens (including phenoxy) is 1. The highest BCUT2D eigenvalue weighted by molar-refractivity contribution is 6.31. The lowest BCUT2D eigenvalue weighted by Gasteiger charge is -2.03. The first kappa shape index (κ1) is 34.9. The molecule has 2 heterocycles. The molecule has 0 saturated carbocycles. The molecule has 0 aliphatic heterocycles. The van der Waals surface area contributed by atoms with E-state index < -0.39 is 5.97 Å². The summed E-state index contributed by atoms with van der Waals surface area (Å²) in [6.07, 6.45) is 8.50. The lowest BCUT2D eigenvalue weighted by atomic mass is 10.2. The average Bonchev–Trinajstić information content (AvgIpc) is 3.58. The van der Waals surface area contributed by atoms with Gasteiger partial charge in [0.2, 0.25) is 0 Å². The highest BCUT2D eigenvalue weighted by Gasteiger charge is 2.05. The van der Waals surface area contributed by atoms with Crippen molar-refractivity contribution in [2.75, 3.05) is 0 Å². The highest BCUT2D eigenvalue weighted by Crippen LogP contribution is 2.19. The number of carbonyl (C=O) groups excluding carboxylic acids is 1. The number of aliphatic hydroxyl groups excluding tert-OH is 1. The molecule has 0 unspecified atom stereocenters. The van der Waals surface area contributed by atoms with Crippen molar-refractivity contribution < 1.29 is 24.5 Å². The number of rotatable bonds is 9. The number of hydrogen-bond donors (Lipinski definition) is 2. The Bertz CT molecular complexity index is 1510. The summed E-state index contributed by atoms with van der Waals surface area (Å²) in [6, 6.07) is 14.6. The predicted molar refractivity (Wildman–Crippen MR) is 165 cm³/mol. The summed E-state index contributed by atoms with van der Waals surface area (Å²) in [6.45, 7) is 7.86. The first-order valence-corrected chi connectivity index (χ1v) is 13.9. The Morgan fingerprint density at radius 2 is 1.28 bits per heavy atom. The molecule has 0 saturated heterocycles. The van der Waals surface area contributed by atoms with Crippen molar-refractivity contribution in [1.82, 2.24) is 29.5 Å². The van der Waals surface area contributed by atoms with Crippen LogP contribution in [0.15, 0.2) is 85.5 Å². The van der Waals surface area contributed by atoms with Crippen LogP contribution in [0.3, 0.4) is 0 Å². The van der Waals surface area contributed by atoms with Gasteiger partial charge in [-0.1, -0.05) is 59.6 Å². The van der Waals surface area contributed by atoms with Crippen LogP contribution < -0.4 is 0 Å². The Kier molecular flexibility index (Phi) is 14.8. The molecule has 0 aliphatic carbocycles. The van der Waals surface area contributed by atoms with E-state index in [0.29, 0.717) is 34.8 Å². The lowest BCUT2D eigenvalue weighted by molar-refractivity contribution is -0.141. The fraction of sp³-hybridized carbons (Fsp3) is 0.267. The second-order valence-electron chi connectivity index (χ2n) is 9.32. The van der Waals surface area contributed by atoms with Crippen molar-refractivity contribution in [2.45, 2.75) is 53.0 Å². The summed E-state index contributed by atoms with van der Waals surface area (Å²) >= 11 is 11.8. The smallest absolute Gasteiger partial charge is 0.330 e. The van der Waals surface area contributed by atoms with Crippen molar-refractivity contribution in [3.63, 3.8) is 0 Å². The topological polar surface area (TPSA) is 145 Å². The van der Waals surface area contributed by atoms with Crippen molar-refractivity contribution in [3.8, 4) is 22.8 Å². The van der Waals surface area contributed by atoms with E-state index in [4.69, 9.17) is 38.2 Å². The minimum absolute atomic E-state index is 0.122. The molecule has 2 aromatic carbocycles. The van der Waals surface area contributed by atoms with E-state index in [1.165, 1.54) is 12.2 Å². The van der Waals surface area contributed by atoms with E-state index >= 15 is 0 Å². The van der Waals surface area contributed by atoms with Crippen molar-refractivity contribution in [2.24, 2.45) is 0 Å². The Morgan fingerprint density at radius 1 is 0.837 bits per heavy atom. The number of allylic oxidation sites excluding steroid dienone is 2. The third kappa shape index (κ3) is 14.4. The van der Waals surface area contributed by atoms with Gasteiger partial charge in [0, 0.05) is 39.4 Å². The van der Waals surface area contributed by atoms with Crippen LogP contribution >= 0.6 is 23.2 Å². The van der Waals surface area contributed by atoms with E-state index in [0.717, 1.165) is 17.2 Å². The number of nitrogens with zero attached hydrogens (tertiary/aromatic N) is 6. The zero-order chi connectivity index (χ0) is 31.8. The number of benzene rings is 2. The summed E-state index contributed by atoms with van der Waals surface area (Å²) in [5, 5.41) is 26.3. The van der Waals surface area contributed by atoms with Crippen LogP contribution in [0.5, 0.6) is 0 Å². The van der Waals surface area contributed by atoms with Gasteiger partial charge in [0.1, 0.15) is 12.7 Å². The molecule has 0 spiro atoms. The first-order chi connectivity index (χ1) is 20.4. The molecule has 0 bridgehead atoms. The van der Waals surface area contributed by atoms with Gasteiger partial charge in [-0.25, -0.2) is 28.9 Å². The number of hydrogen-bond acceptors (Lipinski definition) is 8. The number of carbonyl (C=O) groups is 2. The fourth-order valence-corrected chi connectivity index (χ4v) is 3.46. The van der Waals surface area contributed by atoms with Gasteiger partial charge in [0.05, 0.1) is 19.2 Å². The third-order valence-corrected chi connectivity index (χ3v) is 5.16. The molecule has 4 aromatic rings. The van der Waals surface area contributed by atoms with E-state index in [2.05, 4.69) is 20.2 Å². The van der Waals surface area contributed by atoms with Crippen LogP contribution in [0, 0.1) is 0 Å². The number of carboxylic acids is 1. The Hall–Kier alpha value is -4.32. The third-order valence-electron chi connectivity index (χ3n) is 4.69.